The van der Waals surface area contributed by atoms with Gasteiger partial charge in [0.15, 0.2) is 29.3 Å². The number of esters is 1. The van der Waals surface area contributed by atoms with E-state index < -0.39 is 17.2 Å². The van der Waals surface area contributed by atoms with Crippen molar-refractivity contribution >= 4 is 45.9 Å². The summed E-state index contributed by atoms with van der Waals surface area (Å²) in [4.78, 5) is 40.9. The van der Waals surface area contributed by atoms with Gasteiger partial charge in [0.2, 0.25) is 5.91 Å². The number of aldehydes is 1. The number of amides is 1. The quantitative estimate of drug-likeness (QED) is 0.0306. The minimum Gasteiger partial charge on any atom is -0.507 e. The zero-order valence-corrected chi connectivity index (χ0v) is 32.5. The number of phenols is 6. The number of phenolic OH excluding ortho intramolecular Hbond substituents is 6. The second-order valence-electron chi connectivity index (χ2n) is 14.6. The summed E-state index contributed by atoms with van der Waals surface area (Å²) < 4.78 is 5.17. The number of aromatic hydroxyl groups is 6. The summed E-state index contributed by atoms with van der Waals surface area (Å²) in [6, 6.07) is 3.42. The Bertz CT molecular complexity index is 2150. The Morgan fingerprint density at radius 2 is 1.28 bits per heavy atom. The highest BCUT2D eigenvalue weighted by Crippen LogP contribution is 2.54. The molecule has 12 nitrogen and oxygen atoms in total. The van der Waals surface area contributed by atoms with Gasteiger partial charge in [-0.3, -0.25) is 19.4 Å². The molecule has 4 aromatic rings. The summed E-state index contributed by atoms with van der Waals surface area (Å²) in [6.45, 7) is 18.1. The second-order valence-corrected chi connectivity index (χ2v) is 14.6. The Labute approximate surface area is 315 Å². The molecule has 4 aromatic carbocycles. The summed E-state index contributed by atoms with van der Waals surface area (Å²) in [5, 5.41) is 68.6. The summed E-state index contributed by atoms with van der Waals surface area (Å²) in [5.74, 6) is -3.59. The van der Waals surface area contributed by atoms with E-state index in [1.54, 1.807) is 53.7 Å². The molecule has 1 saturated heterocycles. The van der Waals surface area contributed by atoms with Crippen LogP contribution >= 0.6 is 0 Å². The van der Waals surface area contributed by atoms with E-state index in [1.165, 1.54) is 6.21 Å². The van der Waals surface area contributed by atoms with Crippen LogP contribution in [0, 0.1) is 19.8 Å². The highest BCUT2D eigenvalue weighted by molar-refractivity contribution is 6.14. The Morgan fingerprint density at radius 3 is 1.67 bits per heavy atom. The topological polar surface area (TPSA) is 197 Å². The Kier molecular flexibility index (Phi) is 12.7. The average Bonchev–Trinajstić information content (AvgIpc) is 3.52. The molecule has 0 bridgehead atoms. The number of nitrogens with zero attached hydrogens (tertiary/aromatic N) is 2. The molecule has 1 fully saturated rings. The van der Waals surface area contributed by atoms with Crippen LogP contribution in [-0.2, 0) is 14.3 Å². The summed E-state index contributed by atoms with van der Waals surface area (Å²) >= 11 is 0. The largest absolute Gasteiger partial charge is 0.507 e. The first-order valence-corrected chi connectivity index (χ1v) is 18.3. The van der Waals surface area contributed by atoms with E-state index >= 15 is 0 Å². The molecule has 1 heterocycles. The van der Waals surface area contributed by atoms with E-state index in [0.29, 0.717) is 45.2 Å². The zero-order valence-electron chi connectivity index (χ0n) is 32.5. The second kappa shape index (κ2) is 16.7. The highest BCUT2D eigenvalue weighted by Gasteiger charge is 2.29. The van der Waals surface area contributed by atoms with Gasteiger partial charge in [-0.2, -0.15) is 0 Å². The van der Waals surface area contributed by atoms with Crippen molar-refractivity contribution in [2.45, 2.75) is 87.0 Å². The fourth-order valence-corrected chi connectivity index (χ4v) is 7.17. The number of hydrogen-bond donors (Lipinski definition) is 6. The standard InChI is InChI=1S/C36H41NO9.C6H11NO/c1-15(2)24-20-11-18(7)26(32(41)28(20)22(30(39)34(24)43)13-37-9-10-46-36(45)17(5)6)27-19(8)12-21-25(16(3)4)35(44)31(40)23(14-38)29(21)33(27)42;1-2-7-5-3-4-6(7)8/h11-17,39-44H,9-10H2,1-8H3;2-5H2,1H3. The summed E-state index contributed by atoms with van der Waals surface area (Å²) in [5.41, 5.74) is 1.84. The maximum Gasteiger partial charge on any atom is 0.308 e. The van der Waals surface area contributed by atoms with E-state index in [9.17, 15) is 45.0 Å². The molecule has 0 saturated carbocycles. The Hall–Kier alpha value is -5.52. The molecule has 0 atom stereocenters. The van der Waals surface area contributed by atoms with Crippen molar-refractivity contribution in [1.29, 1.82) is 0 Å². The molecule has 1 amide bonds. The molecule has 0 radical (unpaired) electrons. The van der Waals surface area contributed by atoms with Gasteiger partial charge in [-0.15, -0.1) is 0 Å². The van der Waals surface area contributed by atoms with E-state index in [1.807, 2.05) is 25.7 Å². The average molecular weight is 745 g/mol. The number of likely N-dealkylation sites (tertiary alicyclic amines) is 1. The van der Waals surface area contributed by atoms with Crippen molar-refractivity contribution < 1.29 is 49.8 Å². The van der Waals surface area contributed by atoms with Gasteiger partial charge in [0.25, 0.3) is 0 Å². The van der Waals surface area contributed by atoms with E-state index in [4.69, 9.17) is 4.74 Å². The summed E-state index contributed by atoms with van der Waals surface area (Å²) in [7, 11) is 0. The zero-order chi connectivity index (χ0) is 40.3. The first-order valence-electron chi connectivity index (χ1n) is 18.3. The van der Waals surface area contributed by atoms with Crippen molar-refractivity contribution in [2.24, 2.45) is 10.9 Å². The monoisotopic (exact) mass is 744 g/mol. The van der Waals surface area contributed by atoms with Crippen LogP contribution in [-0.4, -0.2) is 86.2 Å². The van der Waals surface area contributed by atoms with E-state index in [0.717, 1.165) is 25.9 Å². The lowest BCUT2D eigenvalue weighted by Gasteiger charge is -2.23. The normalized spacial score (nSPS) is 13.2. The third-order valence-corrected chi connectivity index (χ3v) is 9.82. The van der Waals surface area contributed by atoms with Gasteiger partial charge in [-0.1, -0.05) is 53.7 Å². The highest BCUT2D eigenvalue weighted by atomic mass is 16.5. The van der Waals surface area contributed by atoms with E-state index in [2.05, 4.69) is 4.99 Å². The maximum absolute atomic E-state index is 12.2. The number of aliphatic imine (C=N–C) groups is 1. The number of carbonyl (C=O) groups excluding carboxylic acids is 3. The van der Waals surface area contributed by atoms with Gasteiger partial charge >= 0.3 is 5.97 Å². The van der Waals surface area contributed by atoms with Crippen LogP contribution < -0.4 is 0 Å². The van der Waals surface area contributed by atoms with Gasteiger partial charge < -0.3 is 40.3 Å². The van der Waals surface area contributed by atoms with Crippen LogP contribution in [0.5, 0.6) is 34.5 Å². The third kappa shape index (κ3) is 7.60. The first-order chi connectivity index (χ1) is 25.4. The van der Waals surface area contributed by atoms with Crippen LogP contribution in [0.4, 0.5) is 0 Å². The summed E-state index contributed by atoms with van der Waals surface area (Å²) in [6.07, 6.45) is 3.48. The molecule has 290 valence electrons. The fraction of sp³-hybridized carbons (Fsp3) is 0.429. The molecule has 54 heavy (non-hydrogen) atoms. The Balaban J connectivity index is 0.000000718. The van der Waals surface area contributed by atoms with Gasteiger partial charge in [0, 0.05) is 64.3 Å². The predicted octanol–water partition coefficient (Wildman–Crippen LogP) is 7.82. The lowest BCUT2D eigenvalue weighted by atomic mass is 9.83. The number of carbonyl (C=O) groups is 3. The molecule has 0 aromatic heterocycles. The van der Waals surface area contributed by atoms with Crippen LogP contribution in [0.25, 0.3) is 32.7 Å². The van der Waals surface area contributed by atoms with Crippen molar-refractivity contribution in [3.05, 3.63) is 45.5 Å². The smallest absolute Gasteiger partial charge is 0.308 e. The molecular weight excluding hydrogens is 692 g/mol. The van der Waals surface area contributed by atoms with Crippen LogP contribution in [0.1, 0.15) is 111 Å². The van der Waals surface area contributed by atoms with Crippen molar-refractivity contribution in [1.82, 2.24) is 4.90 Å². The molecule has 1 aliphatic heterocycles. The van der Waals surface area contributed by atoms with Gasteiger partial charge in [0.1, 0.15) is 18.1 Å². The molecule has 0 aliphatic carbocycles. The molecule has 1 aliphatic rings. The Morgan fingerprint density at radius 1 is 0.796 bits per heavy atom. The molecule has 6 N–H and O–H groups in total. The lowest BCUT2D eigenvalue weighted by molar-refractivity contribution is -0.147. The lowest BCUT2D eigenvalue weighted by Crippen LogP contribution is -2.23. The van der Waals surface area contributed by atoms with Crippen molar-refractivity contribution in [3.8, 4) is 45.6 Å². The molecule has 5 rings (SSSR count). The van der Waals surface area contributed by atoms with Gasteiger partial charge in [0.05, 0.1) is 18.0 Å². The van der Waals surface area contributed by atoms with Crippen LogP contribution in [0.3, 0.4) is 0 Å². The minimum absolute atomic E-state index is 0.0113. The first kappa shape index (κ1) is 41.2. The van der Waals surface area contributed by atoms with Gasteiger partial charge in [-0.05, 0) is 60.9 Å². The van der Waals surface area contributed by atoms with Crippen molar-refractivity contribution in [2.75, 3.05) is 26.2 Å². The molecular formula is C42H52N2O10. The maximum atomic E-state index is 12.2. The molecule has 0 unspecified atom stereocenters. The van der Waals surface area contributed by atoms with Crippen molar-refractivity contribution in [3.63, 3.8) is 0 Å². The predicted molar refractivity (Wildman–Crippen MR) is 210 cm³/mol. The number of fused-ring (bicyclic) bond motifs is 2. The number of hydrogen-bond acceptors (Lipinski definition) is 11. The minimum atomic E-state index is -0.657. The van der Waals surface area contributed by atoms with Crippen LogP contribution in [0.15, 0.2) is 17.1 Å². The number of ether oxygens (including phenoxy) is 1. The SMILES string of the molecule is CCN1CCCC1=O.Cc1cc2c(C(C)C)c(O)c(O)c(C=O)c2c(O)c1-c1c(C)cc2c(C(C)C)c(O)c(O)c(C=NCCOC(=O)C(C)C)c2c1O. The number of benzene rings is 4. The molecule has 12 heteroatoms. The number of aryl methyl sites for hydroxylation is 2. The van der Waals surface area contributed by atoms with Crippen LogP contribution in [0.2, 0.25) is 0 Å². The number of rotatable bonds is 10. The fourth-order valence-electron chi connectivity index (χ4n) is 7.17. The van der Waals surface area contributed by atoms with Gasteiger partial charge in [-0.25, -0.2) is 0 Å². The molecule has 0 spiro atoms. The van der Waals surface area contributed by atoms with E-state index in [-0.39, 0.29) is 87.1 Å². The third-order valence-electron chi connectivity index (χ3n) is 9.82.